The molecule has 80 valence electrons. The van der Waals surface area contributed by atoms with Crippen LogP contribution in [0.5, 0.6) is 0 Å². The van der Waals surface area contributed by atoms with Crippen LogP contribution in [0.25, 0.3) is 0 Å². The van der Waals surface area contributed by atoms with E-state index in [0.717, 1.165) is 5.56 Å². The molecule has 0 heterocycles. The number of hydrogen-bond donors (Lipinski definition) is 1. The molecule has 1 N–H and O–H groups in total. The molecule has 1 aromatic carbocycles. The molecule has 0 saturated carbocycles. The molecule has 0 aliphatic heterocycles. The Hall–Kier alpha value is -1.57. The summed E-state index contributed by atoms with van der Waals surface area (Å²) in [4.78, 5) is 0. The summed E-state index contributed by atoms with van der Waals surface area (Å²) in [7, 11) is 0. The predicted molar refractivity (Wildman–Crippen MR) is 63.4 cm³/mol. The summed E-state index contributed by atoms with van der Waals surface area (Å²) < 4.78 is 0. The van der Waals surface area contributed by atoms with Crippen molar-refractivity contribution >= 4 is 5.71 Å². The molecule has 2 heteroatoms. The van der Waals surface area contributed by atoms with Gasteiger partial charge in [-0.1, -0.05) is 62.3 Å². The normalized spacial score (nSPS) is 13.4. The summed E-state index contributed by atoms with van der Waals surface area (Å²) in [6.45, 7) is 6.30. The van der Waals surface area contributed by atoms with Gasteiger partial charge in [0.1, 0.15) is 5.71 Å². The van der Waals surface area contributed by atoms with E-state index in [1.807, 2.05) is 42.5 Å². The van der Waals surface area contributed by atoms with Gasteiger partial charge in [-0.15, -0.1) is 0 Å². The van der Waals surface area contributed by atoms with Crippen molar-refractivity contribution in [1.82, 2.24) is 0 Å². The van der Waals surface area contributed by atoms with Gasteiger partial charge in [0.2, 0.25) is 0 Å². The lowest BCUT2D eigenvalue weighted by atomic mass is 9.95. The fourth-order valence-electron chi connectivity index (χ4n) is 1.13. The van der Waals surface area contributed by atoms with Gasteiger partial charge in [-0.2, -0.15) is 0 Å². The summed E-state index contributed by atoms with van der Waals surface area (Å²) >= 11 is 0. The topological polar surface area (TPSA) is 32.6 Å². The molecule has 0 atom stereocenters. The largest absolute Gasteiger partial charge is 0.410 e. The second-order valence-electron chi connectivity index (χ2n) is 4.55. The van der Waals surface area contributed by atoms with Gasteiger partial charge in [0.15, 0.2) is 0 Å². The molecule has 0 aliphatic carbocycles. The Labute approximate surface area is 90.9 Å². The first kappa shape index (κ1) is 11.5. The van der Waals surface area contributed by atoms with Gasteiger partial charge < -0.3 is 5.21 Å². The summed E-state index contributed by atoms with van der Waals surface area (Å²) in [5.74, 6) is 0. The van der Waals surface area contributed by atoms with E-state index in [0.29, 0.717) is 5.71 Å². The number of hydrogen-bond acceptors (Lipinski definition) is 2. The van der Waals surface area contributed by atoms with Crippen molar-refractivity contribution in [3.63, 3.8) is 0 Å². The Kier molecular flexibility index (Phi) is 3.67. The van der Waals surface area contributed by atoms with Crippen LogP contribution in [0.2, 0.25) is 0 Å². The fourth-order valence-corrected chi connectivity index (χ4v) is 1.13. The first-order chi connectivity index (χ1) is 7.03. The molecule has 0 saturated heterocycles. The smallest absolute Gasteiger partial charge is 0.109 e. The predicted octanol–water partition coefficient (Wildman–Crippen LogP) is 3.47. The lowest BCUT2D eigenvalue weighted by Crippen LogP contribution is -2.02. The lowest BCUT2D eigenvalue weighted by Gasteiger charge is -2.11. The lowest BCUT2D eigenvalue weighted by molar-refractivity contribution is 0.320. The van der Waals surface area contributed by atoms with Crippen LogP contribution < -0.4 is 0 Å². The maximum absolute atomic E-state index is 8.91. The van der Waals surface area contributed by atoms with Gasteiger partial charge >= 0.3 is 0 Å². The van der Waals surface area contributed by atoms with Crippen molar-refractivity contribution in [2.45, 2.75) is 20.8 Å². The molecule has 1 aromatic rings. The molecule has 0 aliphatic rings. The molecular weight excluding hydrogens is 186 g/mol. The van der Waals surface area contributed by atoms with Crippen molar-refractivity contribution in [2.75, 3.05) is 0 Å². The minimum Gasteiger partial charge on any atom is -0.410 e. The van der Waals surface area contributed by atoms with Gasteiger partial charge in [0.25, 0.3) is 0 Å². The average Bonchev–Trinajstić information content (AvgIpc) is 2.19. The first-order valence-corrected chi connectivity index (χ1v) is 4.99. The highest BCUT2D eigenvalue weighted by molar-refractivity contribution is 6.08. The van der Waals surface area contributed by atoms with Gasteiger partial charge in [-0.25, -0.2) is 0 Å². The molecule has 0 fully saturated rings. The Morgan fingerprint density at radius 1 is 1.20 bits per heavy atom. The summed E-state index contributed by atoms with van der Waals surface area (Å²) in [6.07, 6.45) is 3.87. The third-order valence-electron chi connectivity index (χ3n) is 1.92. The van der Waals surface area contributed by atoms with E-state index in [1.165, 1.54) is 0 Å². The third-order valence-corrected chi connectivity index (χ3v) is 1.92. The van der Waals surface area contributed by atoms with Gasteiger partial charge in [-0.3, -0.25) is 0 Å². The summed E-state index contributed by atoms with van der Waals surface area (Å²) in [5.41, 5.74) is 1.59. The molecule has 1 rings (SSSR count). The fraction of sp³-hybridized carbons (Fsp3) is 0.308. The highest BCUT2D eigenvalue weighted by Crippen LogP contribution is 2.15. The molecule has 0 spiro atoms. The van der Waals surface area contributed by atoms with Gasteiger partial charge in [0.05, 0.1) is 0 Å². The third kappa shape index (κ3) is 3.98. The highest BCUT2D eigenvalue weighted by atomic mass is 16.4. The van der Waals surface area contributed by atoms with E-state index in [-0.39, 0.29) is 5.41 Å². The van der Waals surface area contributed by atoms with Crippen LogP contribution in [-0.2, 0) is 0 Å². The molecule has 0 unspecified atom stereocenters. The average molecular weight is 203 g/mol. The van der Waals surface area contributed by atoms with Crippen molar-refractivity contribution in [3.8, 4) is 0 Å². The molecule has 0 radical (unpaired) electrons. The molecule has 0 amide bonds. The summed E-state index contributed by atoms with van der Waals surface area (Å²) in [6, 6.07) is 9.62. The minimum absolute atomic E-state index is 0.0880. The Bertz CT molecular complexity index is 358. The summed E-state index contributed by atoms with van der Waals surface area (Å²) in [5, 5.41) is 12.2. The van der Waals surface area contributed by atoms with E-state index in [9.17, 15) is 0 Å². The molecule has 0 bridgehead atoms. The molecule has 0 aromatic heterocycles. The highest BCUT2D eigenvalue weighted by Gasteiger charge is 2.05. The zero-order chi connectivity index (χ0) is 11.3. The van der Waals surface area contributed by atoms with Crippen LogP contribution in [0.15, 0.2) is 47.6 Å². The van der Waals surface area contributed by atoms with Crippen LogP contribution in [0.1, 0.15) is 26.3 Å². The van der Waals surface area contributed by atoms with Crippen molar-refractivity contribution in [3.05, 3.63) is 48.0 Å². The zero-order valence-electron chi connectivity index (χ0n) is 9.44. The SMILES string of the molecule is CC(C)(C)C=CC(=NO)c1ccccc1. The Morgan fingerprint density at radius 3 is 2.27 bits per heavy atom. The van der Waals surface area contributed by atoms with E-state index in [2.05, 4.69) is 25.9 Å². The van der Waals surface area contributed by atoms with E-state index in [1.54, 1.807) is 0 Å². The van der Waals surface area contributed by atoms with Crippen LogP contribution in [-0.4, -0.2) is 10.9 Å². The second kappa shape index (κ2) is 4.78. The Balaban J connectivity index is 2.89. The van der Waals surface area contributed by atoms with Crippen LogP contribution >= 0.6 is 0 Å². The minimum atomic E-state index is 0.0880. The van der Waals surface area contributed by atoms with Crippen LogP contribution in [0.3, 0.4) is 0 Å². The van der Waals surface area contributed by atoms with Crippen molar-refractivity contribution in [2.24, 2.45) is 10.6 Å². The first-order valence-electron chi connectivity index (χ1n) is 4.99. The standard InChI is InChI=1S/C13H17NO/c1-13(2,3)10-9-12(14-15)11-7-5-4-6-8-11/h4-10,15H,1-3H3. The number of benzene rings is 1. The zero-order valence-corrected chi connectivity index (χ0v) is 9.44. The van der Waals surface area contributed by atoms with Crippen LogP contribution in [0, 0.1) is 5.41 Å². The Morgan fingerprint density at radius 2 is 1.80 bits per heavy atom. The van der Waals surface area contributed by atoms with Gasteiger partial charge in [-0.05, 0) is 11.5 Å². The van der Waals surface area contributed by atoms with Crippen molar-refractivity contribution < 1.29 is 5.21 Å². The maximum atomic E-state index is 8.91. The van der Waals surface area contributed by atoms with Crippen LogP contribution in [0.4, 0.5) is 0 Å². The van der Waals surface area contributed by atoms with Gasteiger partial charge in [0, 0.05) is 5.56 Å². The van der Waals surface area contributed by atoms with E-state index >= 15 is 0 Å². The molecule has 2 nitrogen and oxygen atoms in total. The van der Waals surface area contributed by atoms with E-state index in [4.69, 9.17) is 5.21 Å². The number of nitrogens with zero attached hydrogens (tertiary/aromatic N) is 1. The second-order valence-corrected chi connectivity index (χ2v) is 4.55. The van der Waals surface area contributed by atoms with Crippen molar-refractivity contribution in [1.29, 1.82) is 0 Å². The maximum Gasteiger partial charge on any atom is 0.109 e. The number of rotatable bonds is 2. The molecule has 15 heavy (non-hydrogen) atoms. The number of allylic oxidation sites excluding steroid dienone is 2. The molecular formula is C13H17NO. The quantitative estimate of drug-likeness (QED) is 0.445. The monoisotopic (exact) mass is 203 g/mol. The van der Waals surface area contributed by atoms with E-state index < -0.39 is 0 Å². The number of oxime groups is 1.